The monoisotopic (exact) mass is 251 g/mol. The second-order valence-electron chi connectivity index (χ2n) is 4.58. The standard InChI is InChI=1S/C14H21NO3/c1-11(2)10-18-15-14(16)9-6-12-4-7-13(17-3)8-5-12/h4-5,7-8,11H,6,9-10H2,1-3H3,(H,15,16). The molecule has 100 valence electrons. The Morgan fingerprint density at radius 1 is 1.28 bits per heavy atom. The minimum absolute atomic E-state index is 0.0912. The highest BCUT2D eigenvalue weighted by Gasteiger charge is 2.03. The number of rotatable bonds is 7. The molecule has 0 fully saturated rings. The highest BCUT2D eigenvalue weighted by Crippen LogP contribution is 2.12. The van der Waals surface area contributed by atoms with Crippen LogP contribution in [-0.2, 0) is 16.1 Å². The maximum atomic E-state index is 11.5. The predicted molar refractivity (Wildman–Crippen MR) is 70.2 cm³/mol. The summed E-state index contributed by atoms with van der Waals surface area (Å²) < 4.78 is 5.07. The fourth-order valence-corrected chi connectivity index (χ4v) is 1.39. The normalized spacial score (nSPS) is 10.4. The van der Waals surface area contributed by atoms with Gasteiger partial charge in [-0.25, -0.2) is 5.48 Å². The summed E-state index contributed by atoms with van der Waals surface area (Å²) in [5, 5.41) is 0. The highest BCUT2D eigenvalue weighted by molar-refractivity contribution is 5.75. The molecule has 1 N–H and O–H groups in total. The molecule has 1 amide bonds. The molecule has 0 atom stereocenters. The van der Waals surface area contributed by atoms with Gasteiger partial charge in [-0.2, -0.15) is 0 Å². The molecule has 0 unspecified atom stereocenters. The molecule has 0 aliphatic rings. The van der Waals surface area contributed by atoms with Crippen molar-refractivity contribution in [3.8, 4) is 5.75 Å². The summed E-state index contributed by atoms with van der Waals surface area (Å²) in [7, 11) is 1.63. The Kier molecular flexibility index (Phi) is 6.22. The Balaban J connectivity index is 2.24. The lowest BCUT2D eigenvalue weighted by Crippen LogP contribution is -2.25. The minimum atomic E-state index is -0.0912. The first-order valence-electron chi connectivity index (χ1n) is 6.15. The van der Waals surface area contributed by atoms with E-state index in [4.69, 9.17) is 9.57 Å². The number of methoxy groups -OCH3 is 1. The van der Waals surface area contributed by atoms with Crippen molar-refractivity contribution < 1.29 is 14.4 Å². The Morgan fingerprint density at radius 3 is 2.50 bits per heavy atom. The molecular weight excluding hydrogens is 230 g/mol. The van der Waals surface area contributed by atoms with Gasteiger partial charge in [0.25, 0.3) is 0 Å². The van der Waals surface area contributed by atoms with Crippen LogP contribution in [0, 0.1) is 5.92 Å². The summed E-state index contributed by atoms with van der Waals surface area (Å²) >= 11 is 0. The molecule has 0 saturated carbocycles. The molecule has 0 bridgehead atoms. The second-order valence-corrected chi connectivity index (χ2v) is 4.58. The van der Waals surface area contributed by atoms with E-state index in [0.29, 0.717) is 25.4 Å². The first-order chi connectivity index (χ1) is 8.61. The molecule has 0 aliphatic carbocycles. The van der Waals surface area contributed by atoms with Crippen LogP contribution in [0.2, 0.25) is 0 Å². The van der Waals surface area contributed by atoms with E-state index >= 15 is 0 Å². The number of carbonyl (C=O) groups excluding carboxylic acids is 1. The Hall–Kier alpha value is -1.55. The molecule has 1 rings (SSSR count). The molecule has 0 aliphatic heterocycles. The summed E-state index contributed by atoms with van der Waals surface area (Å²) in [5.74, 6) is 1.14. The van der Waals surface area contributed by atoms with Gasteiger partial charge in [-0.05, 0) is 30.0 Å². The first-order valence-corrected chi connectivity index (χ1v) is 6.15. The lowest BCUT2D eigenvalue weighted by Gasteiger charge is -2.08. The third-order valence-corrected chi connectivity index (χ3v) is 2.40. The van der Waals surface area contributed by atoms with E-state index < -0.39 is 0 Å². The fourth-order valence-electron chi connectivity index (χ4n) is 1.39. The molecule has 1 aromatic rings. The van der Waals surface area contributed by atoms with Gasteiger partial charge >= 0.3 is 0 Å². The summed E-state index contributed by atoms with van der Waals surface area (Å²) in [6, 6.07) is 7.70. The second kappa shape index (κ2) is 7.71. The van der Waals surface area contributed by atoms with E-state index in [0.717, 1.165) is 11.3 Å². The van der Waals surface area contributed by atoms with Crippen molar-refractivity contribution in [2.24, 2.45) is 5.92 Å². The molecule has 0 heterocycles. The summed E-state index contributed by atoms with van der Waals surface area (Å²) in [4.78, 5) is 16.5. The number of ether oxygens (including phenoxy) is 1. The van der Waals surface area contributed by atoms with Crippen LogP contribution in [0.3, 0.4) is 0 Å². The number of hydrogen-bond donors (Lipinski definition) is 1. The average molecular weight is 251 g/mol. The zero-order valence-electron chi connectivity index (χ0n) is 11.2. The number of carbonyl (C=O) groups is 1. The zero-order chi connectivity index (χ0) is 13.4. The molecule has 0 radical (unpaired) electrons. The molecule has 4 nitrogen and oxygen atoms in total. The van der Waals surface area contributed by atoms with E-state index in [1.54, 1.807) is 7.11 Å². The van der Waals surface area contributed by atoms with Gasteiger partial charge < -0.3 is 4.74 Å². The van der Waals surface area contributed by atoms with Gasteiger partial charge in [0.1, 0.15) is 5.75 Å². The number of aryl methyl sites for hydroxylation is 1. The van der Waals surface area contributed by atoms with Crippen LogP contribution in [0.4, 0.5) is 0 Å². The maximum absolute atomic E-state index is 11.5. The van der Waals surface area contributed by atoms with Crippen molar-refractivity contribution >= 4 is 5.91 Å². The smallest absolute Gasteiger partial charge is 0.243 e. The van der Waals surface area contributed by atoms with Crippen LogP contribution >= 0.6 is 0 Å². The van der Waals surface area contributed by atoms with E-state index in [2.05, 4.69) is 5.48 Å². The quantitative estimate of drug-likeness (QED) is 0.757. The van der Waals surface area contributed by atoms with E-state index in [1.807, 2.05) is 38.1 Å². The van der Waals surface area contributed by atoms with Gasteiger partial charge in [-0.15, -0.1) is 0 Å². The van der Waals surface area contributed by atoms with Crippen molar-refractivity contribution in [3.63, 3.8) is 0 Å². The number of amides is 1. The number of benzene rings is 1. The topological polar surface area (TPSA) is 47.6 Å². The zero-order valence-corrected chi connectivity index (χ0v) is 11.2. The van der Waals surface area contributed by atoms with Crippen molar-refractivity contribution in [2.75, 3.05) is 13.7 Å². The lowest BCUT2D eigenvalue weighted by molar-refractivity contribution is -0.134. The summed E-state index contributed by atoms with van der Waals surface area (Å²) in [6.07, 6.45) is 1.12. The summed E-state index contributed by atoms with van der Waals surface area (Å²) in [5.41, 5.74) is 3.55. The number of hydroxylamine groups is 1. The van der Waals surface area contributed by atoms with Crippen molar-refractivity contribution in [1.29, 1.82) is 0 Å². The van der Waals surface area contributed by atoms with E-state index in [-0.39, 0.29) is 5.91 Å². The Labute approximate surface area is 108 Å². The van der Waals surface area contributed by atoms with Crippen LogP contribution in [0.25, 0.3) is 0 Å². The Morgan fingerprint density at radius 2 is 1.94 bits per heavy atom. The highest BCUT2D eigenvalue weighted by atomic mass is 16.6. The van der Waals surface area contributed by atoms with Crippen LogP contribution < -0.4 is 10.2 Å². The van der Waals surface area contributed by atoms with E-state index in [9.17, 15) is 4.79 Å². The molecular formula is C14H21NO3. The molecule has 18 heavy (non-hydrogen) atoms. The molecule has 0 saturated heterocycles. The minimum Gasteiger partial charge on any atom is -0.497 e. The van der Waals surface area contributed by atoms with Crippen molar-refractivity contribution in [2.45, 2.75) is 26.7 Å². The third kappa shape index (κ3) is 5.68. The molecule has 0 spiro atoms. The third-order valence-electron chi connectivity index (χ3n) is 2.40. The van der Waals surface area contributed by atoms with Gasteiger partial charge in [0.05, 0.1) is 13.7 Å². The van der Waals surface area contributed by atoms with Crippen molar-refractivity contribution in [1.82, 2.24) is 5.48 Å². The predicted octanol–water partition coefficient (Wildman–Crippen LogP) is 2.33. The molecule has 4 heteroatoms. The van der Waals surface area contributed by atoms with Gasteiger partial charge in [0.2, 0.25) is 5.91 Å². The lowest BCUT2D eigenvalue weighted by atomic mass is 10.1. The van der Waals surface area contributed by atoms with E-state index in [1.165, 1.54) is 0 Å². The SMILES string of the molecule is COc1ccc(CCC(=O)NOCC(C)C)cc1. The number of nitrogens with one attached hydrogen (secondary N) is 1. The van der Waals surface area contributed by atoms with Crippen LogP contribution in [0.1, 0.15) is 25.8 Å². The van der Waals surface area contributed by atoms with Gasteiger partial charge in [0.15, 0.2) is 0 Å². The first kappa shape index (κ1) is 14.5. The largest absolute Gasteiger partial charge is 0.497 e. The van der Waals surface area contributed by atoms with Gasteiger partial charge in [-0.3, -0.25) is 9.63 Å². The molecule has 0 aromatic heterocycles. The number of hydrogen-bond acceptors (Lipinski definition) is 3. The Bertz CT molecular complexity index is 360. The van der Waals surface area contributed by atoms with Gasteiger partial charge in [0, 0.05) is 6.42 Å². The van der Waals surface area contributed by atoms with Gasteiger partial charge in [-0.1, -0.05) is 26.0 Å². The summed E-state index contributed by atoms with van der Waals surface area (Å²) in [6.45, 7) is 4.60. The maximum Gasteiger partial charge on any atom is 0.243 e. The van der Waals surface area contributed by atoms with Crippen LogP contribution in [0.15, 0.2) is 24.3 Å². The fraction of sp³-hybridized carbons (Fsp3) is 0.500. The van der Waals surface area contributed by atoms with Crippen LogP contribution in [-0.4, -0.2) is 19.6 Å². The molecule has 1 aromatic carbocycles. The van der Waals surface area contributed by atoms with Crippen LogP contribution in [0.5, 0.6) is 5.75 Å². The van der Waals surface area contributed by atoms with Crippen molar-refractivity contribution in [3.05, 3.63) is 29.8 Å². The average Bonchev–Trinajstić information content (AvgIpc) is 2.36.